The number of aromatic nitrogens is 2. The zero-order valence-electron chi connectivity index (χ0n) is 11.4. The number of thioether (sulfide) groups is 1. The fourth-order valence-electron chi connectivity index (χ4n) is 1.96. The van der Waals surface area contributed by atoms with Crippen LogP contribution in [0, 0.1) is 6.92 Å². The highest BCUT2D eigenvalue weighted by Crippen LogP contribution is 2.33. The molecule has 1 unspecified atom stereocenters. The number of nitrogens with zero attached hydrogens (tertiary/aromatic N) is 2. The zero-order valence-corrected chi connectivity index (χ0v) is 12.2. The maximum absolute atomic E-state index is 4.63. The molecule has 1 aliphatic heterocycles. The molecule has 0 saturated carbocycles. The van der Waals surface area contributed by atoms with E-state index in [9.17, 15) is 0 Å². The molecule has 0 saturated heterocycles. The van der Waals surface area contributed by atoms with Gasteiger partial charge in [0.2, 0.25) is 0 Å². The van der Waals surface area contributed by atoms with Crippen LogP contribution < -0.4 is 10.6 Å². The topological polar surface area (TPSA) is 49.8 Å². The van der Waals surface area contributed by atoms with Crippen LogP contribution in [0.15, 0.2) is 42.7 Å². The van der Waals surface area contributed by atoms with Gasteiger partial charge in [-0.25, -0.2) is 9.97 Å². The summed E-state index contributed by atoms with van der Waals surface area (Å²) in [5, 5.41) is 6.92. The fourth-order valence-corrected chi connectivity index (χ4v) is 2.85. The minimum Gasteiger partial charge on any atom is -0.378 e. The molecule has 102 valence electrons. The number of hydrogen-bond acceptors (Lipinski definition) is 5. The van der Waals surface area contributed by atoms with Crippen molar-refractivity contribution in [2.75, 3.05) is 5.32 Å². The van der Waals surface area contributed by atoms with Crippen molar-refractivity contribution in [2.24, 2.45) is 0 Å². The lowest BCUT2D eigenvalue weighted by molar-refractivity contribution is 0.874. The molecule has 0 aliphatic carbocycles. The Labute approximate surface area is 122 Å². The molecule has 4 nitrogen and oxygen atoms in total. The predicted molar refractivity (Wildman–Crippen MR) is 84.7 cm³/mol. The fraction of sp³-hybridized carbons (Fsp3) is 0.200. The Morgan fingerprint density at radius 1 is 1.25 bits per heavy atom. The SMILES string of the molecule is Cc1ccnc(Nc2cccc(C3=CNC(C)S3)n2)c1. The predicted octanol–water partition coefficient (Wildman–Crippen LogP) is 3.51. The summed E-state index contributed by atoms with van der Waals surface area (Å²) in [5.41, 5.74) is 2.15. The van der Waals surface area contributed by atoms with Crippen LogP contribution in [0.1, 0.15) is 18.2 Å². The van der Waals surface area contributed by atoms with Gasteiger partial charge in [-0.05, 0) is 43.7 Å². The van der Waals surface area contributed by atoms with Gasteiger partial charge in [-0.3, -0.25) is 0 Å². The quantitative estimate of drug-likeness (QED) is 0.903. The molecule has 5 heteroatoms. The van der Waals surface area contributed by atoms with E-state index in [2.05, 4.69) is 27.5 Å². The molecule has 2 aromatic rings. The maximum Gasteiger partial charge on any atom is 0.132 e. The van der Waals surface area contributed by atoms with Crippen LogP contribution in [0.5, 0.6) is 0 Å². The molecule has 20 heavy (non-hydrogen) atoms. The average molecular weight is 284 g/mol. The first-order valence-electron chi connectivity index (χ1n) is 6.51. The molecule has 0 bridgehead atoms. The van der Waals surface area contributed by atoms with Crippen molar-refractivity contribution in [2.45, 2.75) is 19.2 Å². The molecule has 0 aromatic carbocycles. The molecule has 2 aromatic heterocycles. The first kappa shape index (κ1) is 13.0. The minimum absolute atomic E-state index is 0.404. The van der Waals surface area contributed by atoms with Crippen molar-refractivity contribution in [1.29, 1.82) is 0 Å². The van der Waals surface area contributed by atoms with Crippen LogP contribution in [0.3, 0.4) is 0 Å². The molecule has 0 fully saturated rings. The summed E-state index contributed by atoms with van der Waals surface area (Å²) in [5.74, 6) is 1.62. The third kappa shape index (κ3) is 2.93. The van der Waals surface area contributed by atoms with Crippen molar-refractivity contribution < 1.29 is 0 Å². The number of aryl methyl sites for hydroxylation is 1. The van der Waals surface area contributed by atoms with Crippen LogP contribution in [0.2, 0.25) is 0 Å². The van der Waals surface area contributed by atoms with Gasteiger partial charge in [0.15, 0.2) is 0 Å². The highest BCUT2D eigenvalue weighted by Gasteiger charge is 2.15. The van der Waals surface area contributed by atoms with E-state index in [1.807, 2.05) is 43.5 Å². The minimum atomic E-state index is 0.404. The summed E-state index contributed by atoms with van der Waals surface area (Å²) < 4.78 is 0. The summed E-state index contributed by atoms with van der Waals surface area (Å²) in [6, 6.07) is 9.95. The standard InChI is InChI=1S/C15H16N4S/c1-10-6-7-16-15(8-10)19-14-5-3-4-12(18-14)13-9-17-11(2)20-13/h3-9,11,17H,1-2H3,(H,16,18,19). The Hall–Kier alpha value is -2.01. The molecule has 1 atom stereocenters. The summed E-state index contributed by atoms with van der Waals surface area (Å²) in [6.07, 6.45) is 3.81. The second kappa shape index (κ2) is 5.54. The molecule has 2 N–H and O–H groups in total. The summed E-state index contributed by atoms with van der Waals surface area (Å²) >= 11 is 1.78. The van der Waals surface area contributed by atoms with Crippen molar-refractivity contribution in [3.63, 3.8) is 0 Å². The van der Waals surface area contributed by atoms with Crippen LogP contribution in [0.4, 0.5) is 11.6 Å². The van der Waals surface area contributed by atoms with Gasteiger partial charge in [0.25, 0.3) is 0 Å². The normalized spacial score (nSPS) is 17.5. The van der Waals surface area contributed by atoms with Crippen LogP contribution in [-0.4, -0.2) is 15.3 Å². The highest BCUT2D eigenvalue weighted by molar-refractivity contribution is 8.09. The second-order valence-electron chi connectivity index (χ2n) is 4.69. The van der Waals surface area contributed by atoms with E-state index in [-0.39, 0.29) is 0 Å². The number of hydrogen-bond donors (Lipinski definition) is 2. The summed E-state index contributed by atoms with van der Waals surface area (Å²) in [6.45, 7) is 4.18. The van der Waals surface area contributed by atoms with Crippen LogP contribution in [-0.2, 0) is 0 Å². The highest BCUT2D eigenvalue weighted by atomic mass is 32.2. The van der Waals surface area contributed by atoms with Crippen molar-refractivity contribution in [3.05, 3.63) is 54.0 Å². The molecular formula is C15H16N4S. The van der Waals surface area contributed by atoms with Crippen molar-refractivity contribution in [1.82, 2.24) is 15.3 Å². The van der Waals surface area contributed by atoms with E-state index in [1.165, 1.54) is 10.5 Å². The number of pyridine rings is 2. The van der Waals surface area contributed by atoms with E-state index < -0.39 is 0 Å². The first-order chi connectivity index (χ1) is 9.70. The molecule has 0 radical (unpaired) electrons. The van der Waals surface area contributed by atoms with Gasteiger partial charge in [0.1, 0.15) is 11.6 Å². The summed E-state index contributed by atoms with van der Waals surface area (Å²) in [7, 11) is 0. The van der Waals surface area contributed by atoms with Gasteiger partial charge in [-0.2, -0.15) is 0 Å². The number of rotatable bonds is 3. The third-order valence-electron chi connectivity index (χ3n) is 2.93. The Kier molecular flexibility index (Phi) is 3.60. The van der Waals surface area contributed by atoms with Gasteiger partial charge >= 0.3 is 0 Å². The Bertz CT molecular complexity index is 654. The maximum atomic E-state index is 4.63. The van der Waals surface area contributed by atoms with E-state index in [1.54, 1.807) is 18.0 Å². The smallest absolute Gasteiger partial charge is 0.132 e. The molecule has 1 aliphatic rings. The molecule has 0 spiro atoms. The van der Waals surface area contributed by atoms with E-state index in [0.29, 0.717) is 5.37 Å². The first-order valence-corrected chi connectivity index (χ1v) is 7.39. The largest absolute Gasteiger partial charge is 0.378 e. The third-order valence-corrected chi connectivity index (χ3v) is 4.00. The second-order valence-corrected chi connectivity index (χ2v) is 6.07. The zero-order chi connectivity index (χ0) is 13.9. The monoisotopic (exact) mass is 284 g/mol. The van der Waals surface area contributed by atoms with Crippen molar-refractivity contribution >= 4 is 28.3 Å². The lowest BCUT2D eigenvalue weighted by Crippen LogP contribution is -2.09. The lowest BCUT2D eigenvalue weighted by Gasteiger charge is -2.08. The molecule has 0 amide bonds. The van der Waals surface area contributed by atoms with E-state index in [4.69, 9.17) is 0 Å². The van der Waals surface area contributed by atoms with Gasteiger partial charge in [-0.1, -0.05) is 17.8 Å². The van der Waals surface area contributed by atoms with Crippen molar-refractivity contribution in [3.8, 4) is 0 Å². The Balaban J connectivity index is 1.81. The van der Waals surface area contributed by atoms with Crippen LogP contribution in [0.25, 0.3) is 4.91 Å². The number of nitrogens with one attached hydrogen (secondary N) is 2. The lowest BCUT2D eigenvalue weighted by atomic mass is 10.3. The average Bonchev–Trinajstić information content (AvgIpc) is 2.86. The van der Waals surface area contributed by atoms with E-state index in [0.717, 1.165) is 17.3 Å². The van der Waals surface area contributed by atoms with Crippen LogP contribution >= 0.6 is 11.8 Å². The Morgan fingerprint density at radius 3 is 2.90 bits per heavy atom. The number of anilines is 2. The molecule has 3 heterocycles. The van der Waals surface area contributed by atoms with E-state index >= 15 is 0 Å². The Morgan fingerprint density at radius 2 is 2.15 bits per heavy atom. The van der Waals surface area contributed by atoms with Gasteiger partial charge in [0, 0.05) is 12.4 Å². The summed E-state index contributed by atoms with van der Waals surface area (Å²) in [4.78, 5) is 10.1. The van der Waals surface area contributed by atoms with Gasteiger partial charge in [0.05, 0.1) is 16.0 Å². The molecule has 3 rings (SSSR count). The van der Waals surface area contributed by atoms with Gasteiger partial charge in [-0.15, -0.1) is 0 Å². The molecular weight excluding hydrogens is 268 g/mol. The van der Waals surface area contributed by atoms with Gasteiger partial charge < -0.3 is 10.6 Å².